The van der Waals surface area contributed by atoms with Crippen LogP contribution in [-0.4, -0.2) is 33.4 Å². The zero-order chi connectivity index (χ0) is 11.9. The molecule has 1 saturated heterocycles. The lowest BCUT2D eigenvalue weighted by Gasteiger charge is -2.11. The van der Waals surface area contributed by atoms with E-state index in [9.17, 15) is 0 Å². The molecule has 94 valence electrons. The Labute approximate surface area is 102 Å². The monoisotopic (exact) mass is 237 g/mol. The second-order valence-electron chi connectivity index (χ2n) is 3.95. The Morgan fingerprint density at radius 3 is 2.94 bits per heavy atom. The molecule has 0 saturated carbocycles. The van der Waals surface area contributed by atoms with Crippen LogP contribution < -0.4 is 10.1 Å². The Morgan fingerprint density at radius 1 is 1.35 bits per heavy atom. The summed E-state index contributed by atoms with van der Waals surface area (Å²) in [6.07, 6.45) is 0.771. The molecule has 4 heteroatoms. The highest BCUT2D eigenvalue weighted by atomic mass is 16.7. The fourth-order valence-corrected chi connectivity index (χ4v) is 1.74. The largest absolute Gasteiger partial charge is 0.494 e. The van der Waals surface area contributed by atoms with Crippen molar-refractivity contribution in [3.63, 3.8) is 0 Å². The minimum absolute atomic E-state index is 0.226. The first-order valence-electron chi connectivity index (χ1n) is 6.01. The summed E-state index contributed by atoms with van der Waals surface area (Å²) in [6.45, 7) is 3.01. The zero-order valence-corrected chi connectivity index (χ0v) is 10.1. The molecular weight excluding hydrogens is 218 g/mol. The Morgan fingerprint density at radius 2 is 2.18 bits per heavy atom. The van der Waals surface area contributed by atoms with Gasteiger partial charge in [-0.3, -0.25) is 0 Å². The number of hydrogen-bond donors (Lipinski definition) is 1. The third-order valence-corrected chi connectivity index (χ3v) is 2.59. The molecule has 0 unspecified atom stereocenters. The van der Waals surface area contributed by atoms with Crippen LogP contribution in [0.4, 0.5) is 0 Å². The smallest absolute Gasteiger partial charge is 0.184 e. The predicted octanol–water partition coefficient (Wildman–Crippen LogP) is 1.72. The van der Waals surface area contributed by atoms with E-state index < -0.39 is 0 Å². The van der Waals surface area contributed by atoms with Crippen molar-refractivity contribution in [2.24, 2.45) is 0 Å². The summed E-state index contributed by atoms with van der Waals surface area (Å²) in [4.78, 5) is 0. The topological polar surface area (TPSA) is 39.7 Å². The number of benzene rings is 1. The summed E-state index contributed by atoms with van der Waals surface area (Å²) in [5.74, 6) is 0.873. The van der Waals surface area contributed by atoms with Gasteiger partial charge in [0.05, 0.1) is 19.8 Å². The van der Waals surface area contributed by atoms with Gasteiger partial charge < -0.3 is 19.5 Å². The van der Waals surface area contributed by atoms with E-state index >= 15 is 0 Å². The Kier molecular flexibility index (Phi) is 4.79. The highest BCUT2D eigenvalue weighted by Gasteiger charge is 2.18. The maximum absolute atomic E-state index is 5.66. The summed E-state index contributed by atoms with van der Waals surface area (Å²) >= 11 is 0. The second-order valence-corrected chi connectivity index (χ2v) is 3.95. The van der Waals surface area contributed by atoms with Crippen LogP contribution in [0.1, 0.15) is 18.3 Å². The first kappa shape index (κ1) is 12.4. The van der Waals surface area contributed by atoms with E-state index in [2.05, 4.69) is 5.32 Å². The number of hydrogen-bond acceptors (Lipinski definition) is 4. The summed E-state index contributed by atoms with van der Waals surface area (Å²) in [5.41, 5.74) is 1.02. The molecule has 1 N–H and O–H groups in total. The van der Waals surface area contributed by atoms with E-state index in [4.69, 9.17) is 14.2 Å². The van der Waals surface area contributed by atoms with Crippen molar-refractivity contribution in [2.45, 2.75) is 12.7 Å². The van der Waals surface area contributed by atoms with Crippen molar-refractivity contribution >= 4 is 0 Å². The van der Waals surface area contributed by atoms with Crippen molar-refractivity contribution in [2.75, 3.05) is 33.4 Å². The molecule has 1 aliphatic heterocycles. The van der Waals surface area contributed by atoms with Crippen LogP contribution in [0.5, 0.6) is 5.75 Å². The molecule has 1 heterocycles. The predicted molar refractivity (Wildman–Crippen MR) is 65.1 cm³/mol. The molecule has 0 aromatic heterocycles. The number of nitrogens with one attached hydrogen (secondary N) is 1. The maximum atomic E-state index is 5.66. The van der Waals surface area contributed by atoms with Gasteiger partial charge in [0.25, 0.3) is 0 Å². The SMILES string of the molecule is CNCCCOc1cccc(C2OCCO2)c1. The van der Waals surface area contributed by atoms with Gasteiger partial charge in [0.15, 0.2) is 6.29 Å². The van der Waals surface area contributed by atoms with Crippen LogP contribution in [0.3, 0.4) is 0 Å². The van der Waals surface area contributed by atoms with Gasteiger partial charge in [0.1, 0.15) is 5.75 Å². The van der Waals surface area contributed by atoms with Crippen LogP contribution in [0.15, 0.2) is 24.3 Å². The highest BCUT2D eigenvalue weighted by molar-refractivity contribution is 5.29. The van der Waals surface area contributed by atoms with E-state index in [1.54, 1.807) is 0 Å². The molecule has 1 aliphatic rings. The lowest BCUT2D eigenvalue weighted by atomic mass is 10.2. The minimum atomic E-state index is -0.226. The van der Waals surface area contributed by atoms with Gasteiger partial charge in [-0.1, -0.05) is 12.1 Å². The normalized spacial score (nSPS) is 16.3. The van der Waals surface area contributed by atoms with Gasteiger partial charge in [-0.05, 0) is 32.1 Å². The average Bonchev–Trinajstić information content (AvgIpc) is 2.89. The average molecular weight is 237 g/mol. The zero-order valence-electron chi connectivity index (χ0n) is 10.1. The fraction of sp³-hybridized carbons (Fsp3) is 0.538. The van der Waals surface area contributed by atoms with Crippen LogP contribution in [-0.2, 0) is 9.47 Å². The molecular formula is C13H19NO3. The van der Waals surface area contributed by atoms with Crippen molar-refractivity contribution in [1.29, 1.82) is 0 Å². The molecule has 0 aliphatic carbocycles. The molecule has 1 aromatic carbocycles. The Balaban J connectivity index is 1.87. The van der Waals surface area contributed by atoms with E-state index in [1.807, 2.05) is 31.3 Å². The molecule has 2 rings (SSSR count). The highest BCUT2D eigenvalue weighted by Crippen LogP contribution is 2.26. The summed E-state index contributed by atoms with van der Waals surface area (Å²) in [7, 11) is 1.94. The van der Waals surface area contributed by atoms with Gasteiger partial charge in [-0.25, -0.2) is 0 Å². The lowest BCUT2D eigenvalue weighted by Crippen LogP contribution is -2.11. The van der Waals surface area contributed by atoms with E-state index in [-0.39, 0.29) is 6.29 Å². The lowest BCUT2D eigenvalue weighted by molar-refractivity contribution is -0.0442. The molecule has 0 amide bonds. The molecule has 4 nitrogen and oxygen atoms in total. The molecule has 0 radical (unpaired) electrons. The van der Waals surface area contributed by atoms with Crippen molar-refractivity contribution < 1.29 is 14.2 Å². The maximum Gasteiger partial charge on any atom is 0.184 e. The first-order valence-corrected chi connectivity index (χ1v) is 6.01. The van der Waals surface area contributed by atoms with Gasteiger partial charge in [-0.15, -0.1) is 0 Å². The number of ether oxygens (including phenoxy) is 3. The summed E-state index contributed by atoms with van der Waals surface area (Å²) in [6, 6.07) is 7.90. The van der Waals surface area contributed by atoms with Crippen molar-refractivity contribution in [1.82, 2.24) is 5.32 Å². The van der Waals surface area contributed by atoms with Crippen LogP contribution in [0.25, 0.3) is 0 Å². The van der Waals surface area contributed by atoms with Crippen LogP contribution in [0.2, 0.25) is 0 Å². The molecule has 0 spiro atoms. The molecule has 1 aromatic rings. The van der Waals surface area contributed by atoms with E-state index in [0.717, 1.165) is 30.9 Å². The molecule has 0 bridgehead atoms. The third-order valence-electron chi connectivity index (χ3n) is 2.59. The van der Waals surface area contributed by atoms with Crippen molar-refractivity contribution in [3.05, 3.63) is 29.8 Å². The Bertz CT molecular complexity index is 337. The Hall–Kier alpha value is -1.10. The standard InChI is InChI=1S/C13H19NO3/c1-14-6-3-7-15-12-5-2-4-11(10-12)13-16-8-9-17-13/h2,4-5,10,13-14H,3,6-9H2,1H3. The van der Waals surface area contributed by atoms with Gasteiger partial charge in [-0.2, -0.15) is 0 Å². The number of rotatable bonds is 6. The molecule has 1 fully saturated rings. The van der Waals surface area contributed by atoms with E-state index in [0.29, 0.717) is 13.2 Å². The van der Waals surface area contributed by atoms with Crippen LogP contribution in [0, 0.1) is 0 Å². The third kappa shape index (κ3) is 3.70. The van der Waals surface area contributed by atoms with E-state index in [1.165, 1.54) is 0 Å². The quantitative estimate of drug-likeness (QED) is 0.765. The van der Waals surface area contributed by atoms with Crippen molar-refractivity contribution in [3.8, 4) is 5.75 Å². The molecule has 0 atom stereocenters. The summed E-state index contributed by atoms with van der Waals surface area (Å²) in [5, 5.41) is 3.09. The van der Waals surface area contributed by atoms with Gasteiger partial charge in [0, 0.05) is 5.56 Å². The second kappa shape index (κ2) is 6.59. The van der Waals surface area contributed by atoms with Gasteiger partial charge >= 0.3 is 0 Å². The first-order chi connectivity index (χ1) is 8.40. The minimum Gasteiger partial charge on any atom is -0.494 e. The molecule has 17 heavy (non-hydrogen) atoms. The summed E-state index contributed by atoms with van der Waals surface area (Å²) < 4.78 is 16.6. The van der Waals surface area contributed by atoms with Crippen LogP contribution >= 0.6 is 0 Å². The fourth-order valence-electron chi connectivity index (χ4n) is 1.74. The van der Waals surface area contributed by atoms with Gasteiger partial charge in [0.2, 0.25) is 0 Å².